The molecule has 1 aromatic heterocycles. The number of aliphatic carboxylic acids is 1. The van der Waals surface area contributed by atoms with E-state index in [2.05, 4.69) is 27.7 Å². The standard InChI is InChI=1S/C29H40O5/c1-16(2)18-10-12-34-26(18)14-20(27(32)33)22-8-7-21-19-6-5-17-13-24(30)25(31)15-29(17,4)23(19)9-11-28(21,22)3/h10,12-13,16-17,19-23,30H,5-9,11,14-15H2,1-4H3,(H,32,33)/t17-,19?,20?,21?,22-,23?,28+,29+/m1/s1. The van der Waals surface area contributed by atoms with E-state index in [9.17, 15) is 19.8 Å². The smallest absolute Gasteiger partial charge is 0.307 e. The lowest BCUT2D eigenvalue weighted by Crippen LogP contribution is -2.54. The number of aliphatic hydroxyl groups is 1. The van der Waals surface area contributed by atoms with Crippen molar-refractivity contribution in [2.75, 3.05) is 0 Å². The lowest BCUT2D eigenvalue weighted by molar-refractivity contribution is -0.149. The third-order valence-corrected chi connectivity index (χ3v) is 10.8. The van der Waals surface area contributed by atoms with Gasteiger partial charge in [0.15, 0.2) is 11.5 Å². The number of carboxylic acids is 1. The molecule has 0 aliphatic heterocycles. The Balaban J connectivity index is 1.41. The van der Waals surface area contributed by atoms with Crippen LogP contribution in [0.5, 0.6) is 0 Å². The fraction of sp³-hybridized carbons (Fsp3) is 0.724. The number of aliphatic hydroxyl groups excluding tert-OH is 1. The molecule has 1 aromatic rings. The van der Waals surface area contributed by atoms with Crippen LogP contribution in [0.25, 0.3) is 0 Å². The number of fused-ring (bicyclic) bond motifs is 5. The van der Waals surface area contributed by atoms with Crippen LogP contribution < -0.4 is 0 Å². The van der Waals surface area contributed by atoms with Gasteiger partial charge in [0.25, 0.3) is 0 Å². The first kappa shape index (κ1) is 23.7. The molecular weight excluding hydrogens is 428 g/mol. The van der Waals surface area contributed by atoms with E-state index in [4.69, 9.17) is 4.42 Å². The van der Waals surface area contributed by atoms with Crippen molar-refractivity contribution in [2.45, 2.75) is 85.0 Å². The molecule has 186 valence electrons. The van der Waals surface area contributed by atoms with Gasteiger partial charge in [0.05, 0.1) is 12.2 Å². The Morgan fingerprint density at radius 2 is 1.85 bits per heavy atom. The van der Waals surface area contributed by atoms with Crippen LogP contribution in [0.2, 0.25) is 0 Å². The Kier molecular flexibility index (Phi) is 5.76. The highest BCUT2D eigenvalue weighted by atomic mass is 16.4. The van der Waals surface area contributed by atoms with Crippen LogP contribution in [0.1, 0.15) is 89.9 Å². The van der Waals surface area contributed by atoms with Crippen LogP contribution in [0.15, 0.2) is 28.6 Å². The number of Topliss-reactive ketones (excluding diaryl/α,β-unsaturated/α-hetero) is 1. The summed E-state index contributed by atoms with van der Waals surface area (Å²) < 4.78 is 5.79. The highest BCUT2D eigenvalue weighted by Gasteiger charge is 2.61. The number of carbonyl (C=O) groups is 2. The topological polar surface area (TPSA) is 87.7 Å². The minimum atomic E-state index is -0.700. The van der Waals surface area contributed by atoms with Crippen LogP contribution in [0.3, 0.4) is 0 Å². The zero-order chi connectivity index (χ0) is 24.4. The average Bonchev–Trinajstić information content (AvgIpc) is 3.37. The summed E-state index contributed by atoms with van der Waals surface area (Å²) in [5.41, 5.74) is 1.05. The number of ketones is 1. The van der Waals surface area contributed by atoms with Crippen LogP contribution in [0.4, 0.5) is 0 Å². The zero-order valence-corrected chi connectivity index (χ0v) is 21.0. The van der Waals surface area contributed by atoms with E-state index in [1.54, 1.807) is 6.26 Å². The second-order valence-electron chi connectivity index (χ2n) is 12.5. The van der Waals surface area contributed by atoms with Crippen molar-refractivity contribution in [2.24, 2.45) is 46.3 Å². The molecule has 2 N–H and O–H groups in total. The molecule has 0 bridgehead atoms. The maximum Gasteiger partial charge on any atom is 0.307 e. The molecule has 34 heavy (non-hydrogen) atoms. The average molecular weight is 469 g/mol. The van der Waals surface area contributed by atoms with E-state index < -0.39 is 11.9 Å². The van der Waals surface area contributed by atoms with Crippen molar-refractivity contribution in [3.63, 3.8) is 0 Å². The van der Waals surface area contributed by atoms with E-state index in [0.717, 1.165) is 49.8 Å². The highest BCUT2D eigenvalue weighted by molar-refractivity contribution is 5.94. The summed E-state index contributed by atoms with van der Waals surface area (Å²) in [4.78, 5) is 25.1. The minimum absolute atomic E-state index is 0.00859. The maximum atomic E-state index is 12.6. The molecule has 4 unspecified atom stereocenters. The Bertz CT molecular complexity index is 1000. The van der Waals surface area contributed by atoms with Crippen molar-refractivity contribution >= 4 is 11.8 Å². The second kappa shape index (κ2) is 8.27. The van der Waals surface area contributed by atoms with Gasteiger partial charge in [-0.3, -0.25) is 9.59 Å². The van der Waals surface area contributed by atoms with Crippen molar-refractivity contribution in [3.8, 4) is 0 Å². The molecule has 5 heteroatoms. The summed E-state index contributed by atoms with van der Waals surface area (Å²) in [5, 5.41) is 20.4. The maximum absolute atomic E-state index is 12.6. The van der Waals surface area contributed by atoms with Gasteiger partial charge in [0.1, 0.15) is 5.76 Å². The van der Waals surface area contributed by atoms with Crippen LogP contribution in [-0.2, 0) is 16.0 Å². The van der Waals surface area contributed by atoms with E-state index in [0.29, 0.717) is 36.5 Å². The van der Waals surface area contributed by atoms with Gasteiger partial charge in [-0.15, -0.1) is 0 Å². The third-order valence-electron chi connectivity index (χ3n) is 10.8. The fourth-order valence-electron chi connectivity index (χ4n) is 9.08. The third kappa shape index (κ3) is 3.48. The van der Waals surface area contributed by atoms with Gasteiger partial charge in [-0.2, -0.15) is 0 Å². The predicted molar refractivity (Wildman–Crippen MR) is 129 cm³/mol. The molecule has 5 nitrogen and oxygen atoms in total. The van der Waals surface area contributed by atoms with Crippen LogP contribution >= 0.6 is 0 Å². The number of carboxylic acid groups (broad SMARTS) is 1. The van der Waals surface area contributed by atoms with Gasteiger partial charge in [0.2, 0.25) is 0 Å². The molecule has 5 rings (SSSR count). The summed E-state index contributed by atoms with van der Waals surface area (Å²) in [6.45, 7) is 8.88. The van der Waals surface area contributed by atoms with Gasteiger partial charge >= 0.3 is 5.97 Å². The van der Waals surface area contributed by atoms with E-state index in [-0.39, 0.29) is 34.2 Å². The minimum Gasteiger partial charge on any atom is -0.505 e. The number of hydrogen-bond donors (Lipinski definition) is 2. The highest BCUT2D eigenvalue weighted by Crippen LogP contribution is 2.67. The zero-order valence-electron chi connectivity index (χ0n) is 21.0. The summed E-state index contributed by atoms with van der Waals surface area (Å²) in [5.74, 6) is 1.80. The normalized spacial score (nSPS) is 40.3. The van der Waals surface area contributed by atoms with Gasteiger partial charge in [-0.25, -0.2) is 0 Å². The van der Waals surface area contributed by atoms with Crippen molar-refractivity contribution < 1.29 is 24.2 Å². The van der Waals surface area contributed by atoms with Gasteiger partial charge in [0, 0.05) is 12.8 Å². The molecule has 0 saturated heterocycles. The molecule has 8 atom stereocenters. The predicted octanol–water partition coefficient (Wildman–Crippen LogP) is 6.54. The van der Waals surface area contributed by atoms with E-state index in [1.165, 1.54) is 0 Å². The number of carbonyl (C=O) groups excluding carboxylic acids is 1. The number of allylic oxidation sites excluding steroid dienone is 2. The summed E-state index contributed by atoms with van der Waals surface area (Å²) in [6, 6.07) is 1.99. The Morgan fingerprint density at radius 3 is 2.56 bits per heavy atom. The lowest BCUT2D eigenvalue weighted by Gasteiger charge is -2.59. The molecule has 3 saturated carbocycles. The Hall–Kier alpha value is -2.04. The van der Waals surface area contributed by atoms with E-state index >= 15 is 0 Å². The molecule has 4 aliphatic rings. The van der Waals surface area contributed by atoms with Crippen molar-refractivity contribution in [3.05, 3.63) is 35.5 Å². The molecule has 0 amide bonds. The van der Waals surface area contributed by atoms with Crippen molar-refractivity contribution in [1.29, 1.82) is 0 Å². The summed E-state index contributed by atoms with van der Waals surface area (Å²) in [6.07, 6.45) is 10.7. The molecule has 0 aromatic carbocycles. The van der Waals surface area contributed by atoms with Crippen LogP contribution in [-0.4, -0.2) is 22.0 Å². The molecule has 4 aliphatic carbocycles. The quantitative estimate of drug-likeness (QED) is 0.512. The fourth-order valence-corrected chi connectivity index (χ4v) is 9.08. The molecular formula is C29H40O5. The first-order valence-corrected chi connectivity index (χ1v) is 13.3. The summed E-state index contributed by atoms with van der Waals surface area (Å²) >= 11 is 0. The Labute approximate surface area is 203 Å². The SMILES string of the molecule is CC(C)c1ccoc1CC(C(=O)O)[C@H]1CCC2C3CC[C@@H]4C=C(O)C(=O)C[C@]4(C)C3CC[C@@]21C. The molecule has 0 radical (unpaired) electrons. The van der Waals surface area contributed by atoms with Gasteiger partial charge in [-0.05, 0) is 103 Å². The lowest BCUT2D eigenvalue weighted by atomic mass is 9.45. The van der Waals surface area contributed by atoms with Gasteiger partial charge < -0.3 is 14.6 Å². The number of rotatable bonds is 5. The largest absolute Gasteiger partial charge is 0.505 e. The second-order valence-corrected chi connectivity index (χ2v) is 12.5. The molecule has 3 fully saturated rings. The number of hydrogen-bond acceptors (Lipinski definition) is 4. The molecule has 0 spiro atoms. The molecule has 1 heterocycles. The Morgan fingerprint density at radius 1 is 1.12 bits per heavy atom. The van der Waals surface area contributed by atoms with Crippen molar-refractivity contribution in [1.82, 2.24) is 0 Å². The monoisotopic (exact) mass is 468 g/mol. The first-order valence-electron chi connectivity index (χ1n) is 13.3. The van der Waals surface area contributed by atoms with Crippen LogP contribution in [0, 0.1) is 46.3 Å². The van der Waals surface area contributed by atoms with Gasteiger partial charge in [-0.1, -0.05) is 27.7 Å². The van der Waals surface area contributed by atoms with E-state index in [1.807, 2.05) is 12.1 Å². The number of furan rings is 1. The first-order chi connectivity index (χ1) is 16.1. The summed E-state index contributed by atoms with van der Waals surface area (Å²) in [7, 11) is 0.